The molecule has 0 fully saturated rings. The Morgan fingerprint density at radius 3 is 1.89 bits per heavy atom. The molecule has 3 aromatic rings. The van der Waals surface area contributed by atoms with E-state index in [-0.39, 0.29) is 23.6 Å². The molecule has 1 aliphatic heterocycles. The molecule has 3 aromatic carbocycles. The standard InChI is InChI=1S/C29H29N3O4/c1-5-31(27(34)20(4)32-28(35)22-16-9-10-17-23(22)29(32)36)25(21-14-7-6-8-15-21)26(33)30-24-18(2)12-11-13-19(24)3/h6-17,20,25H,5H2,1-4H3,(H,30,33)/t20-,25+/m0/s1. The maximum atomic E-state index is 13.8. The predicted molar refractivity (Wildman–Crippen MR) is 138 cm³/mol. The number of anilines is 1. The molecule has 1 heterocycles. The van der Waals surface area contributed by atoms with E-state index in [2.05, 4.69) is 5.32 Å². The fourth-order valence-electron chi connectivity index (χ4n) is 4.69. The number of hydrogen-bond donors (Lipinski definition) is 1. The lowest BCUT2D eigenvalue weighted by atomic mass is 10.0. The summed E-state index contributed by atoms with van der Waals surface area (Å²) < 4.78 is 0. The van der Waals surface area contributed by atoms with E-state index < -0.39 is 29.8 Å². The highest BCUT2D eigenvalue weighted by Gasteiger charge is 2.43. The highest BCUT2D eigenvalue weighted by atomic mass is 16.2. The number of fused-ring (bicyclic) bond motifs is 1. The summed E-state index contributed by atoms with van der Waals surface area (Å²) in [4.78, 5) is 56.0. The highest BCUT2D eigenvalue weighted by molar-refractivity contribution is 6.22. The molecular formula is C29H29N3O4. The van der Waals surface area contributed by atoms with Crippen molar-refractivity contribution in [2.75, 3.05) is 11.9 Å². The van der Waals surface area contributed by atoms with Crippen molar-refractivity contribution < 1.29 is 19.2 Å². The van der Waals surface area contributed by atoms with E-state index in [0.29, 0.717) is 11.3 Å². The van der Waals surface area contributed by atoms with Crippen molar-refractivity contribution in [3.05, 3.63) is 101 Å². The van der Waals surface area contributed by atoms with E-state index >= 15 is 0 Å². The first kappa shape index (κ1) is 24.9. The largest absolute Gasteiger partial charge is 0.325 e. The van der Waals surface area contributed by atoms with Gasteiger partial charge in [-0.2, -0.15) is 0 Å². The number of rotatable bonds is 7. The van der Waals surface area contributed by atoms with Crippen LogP contribution in [-0.2, 0) is 9.59 Å². The number of hydrogen-bond acceptors (Lipinski definition) is 4. The molecule has 0 saturated carbocycles. The van der Waals surface area contributed by atoms with Gasteiger partial charge in [-0.3, -0.25) is 24.1 Å². The number of imide groups is 1. The molecule has 4 amide bonds. The lowest BCUT2D eigenvalue weighted by molar-refractivity contribution is -0.141. The van der Waals surface area contributed by atoms with Crippen LogP contribution in [0.1, 0.15) is 57.3 Å². The zero-order chi connectivity index (χ0) is 26.0. The van der Waals surface area contributed by atoms with Crippen LogP contribution in [0.4, 0.5) is 5.69 Å². The van der Waals surface area contributed by atoms with Gasteiger partial charge < -0.3 is 10.2 Å². The molecular weight excluding hydrogens is 454 g/mol. The summed E-state index contributed by atoms with van der Waals surface area (Å²) in [6.07, 6.45) is 0. The number of benzene rings is 3. The number of carbonyl (C=O) groups is 4. The summed E-state index contributed by atoms with van der Waals surface area (Å²) in [6, 6.07) is 19.2. The molecule has 36 heavy (non-hydrogen) atoms. The van der Waals surface area contributed by atoms with Gasteiger partial charge in [-0.25, -0.2) is 0 Å². The summed E-state index contributed by atoms with van der Waals surface area (Å²) in [6.45, 7) is 7.32. The Hall–Kier alpha value is -4.26. The number of nitrogens with one attached hydrogen (secondary N) is 1. The van der Waals surface area contributed by atoms with Gasteiger partial charge in [0.2, 0.25) is 5.91 Å². The summed E-state index contributed by atoms with van der Waals surface area (Å²) in [5.74, 6) is -1.88. The van der Waals surface area contributed by atoms with Gasteiger partial charge in [0.25, 0.3) is 17.7 Å². The van der Waals surface area contributed by atoms with E-state index in [1.54, 1.807) is 55.5 Å². The number of amides is 4. The van der Waals surface area contributed by atoms with Crippen molar-refractivity contribution in [2.24, 2.45) is 0 Å². The van der Waals surface area contributed by atoms with Crippen molar-refractivity contribution in [3.63, 3.8) is 0 Å². The van der Waals surface area contributed by atoms with Gasteiger partial charge in [0.1, 0.15) is 12.1 Å². The first-order chi connectivity index (χ1) is 17.3. The molecule has 0 bridgehead atoms. The minimum absolute atomic E-state index is 0.200. The van der Waals surface area contributed by atoms with Crippen LogP contribution >= 0.6 is 0 Å². The maximum absolute atomic E-state index is 13.8. The third-order valence-corrected chi connectivity index (χ3v) is 6.60. The van der Waals surface area contributed by atoms with Crippen LogP contribution in [0.2, 0.25) is 0 Å². The van der Waals surface area contributed by atoms with Crippen LogP contribution in [0.5, 0.6) is 0 Å². The first-order valence-corrected chi connectivity index (χ1v) is 12.0. The summed E-state index contributed by atoms with van der Waals surface area (Å²) in [5.41, 5.74) is 3.69. The van der Waals surface area contributed by atoms with Crippen LogP contribution in [0, 0.1) is 13.8 Å². The molecule has 2 atom stereocenters. The molecule has 184 valence electrons. The van der Waals surface area contributed by atoms with Gasteiger partial charge in [0.05, 0.1) is 11.1 Å². The second-order valence-electron chi connectivity index (χ2n) is 8.90. The van der Waals surface area contributed by atoms with E-state index in [0.717, 1.165) is 16.0 Å². The van der Waals surface area contributed by atoms with Gasteiger partial charge in [0, 0.05) is 12.2 Å². The number of likely N-dealkylation sites (N-methyl/N-ethyl adjacent to an activating group) is 1. The van der Waals surface area contributed by atoms with Crippen LogP contribution in [0.15, 0.2) is 72.8 Å². The van der Waals surface area contributed by atoms with Crippen molar-refractivity contribution >= 4 is 29.3 Å². The van der Waals surface area contributed by atoms with Crippen molar-refractivity contribution in [3.8, 4) is 0 Å². The Labute approximate surface area is 210 Å². The number of aryl methyl sites for hydroxylation is 2. The molecule has 7 nitrogen and oxygen atoms in total. The molecule has 0 saturated heterocycles. The number of carbonyl (C=O) groups excluding carboxylic acids is 4. The molecule has 1 aliphatic rings. The SMILES string of the molecule is CCN(C(=O)[C@H](C)N1C(=O)c2ccccc2C1=O)[C@@H](C(=O)Nc1c(C)cccc1C)c1ccccc1. The average Bonchev–Trinajstić information content (AvgIpc) is 3.14. The predicted octanol–water partition coefficient (Wildman–Crippen LogP) is 4.52. The fraction of sp³-hybridized carbons (Fsp3) is 0.241. The van der Waals surface area contributed by atoms with Crippen LogP contribution in [0.3, 0.4) is 0 Å². The quantitative estimate of drug-likeness (QED) is 0.501. The molecule has 0 unspecified atom stereocenters. The molecule has 7 heteroatoms. The Kier molecular flexibility index (Phi) is 7.01. The van der Waals surface area contributed by atoms with Crippen LogP contribution < -0.4 is 5.32 Å². The lowest BCUT2D eigenvalue weighted by Gasteiger charge is -2.34. The zero-order valence-electron chi connectivity index (χ0n) is 20.8. The average molecular weight is 484 g/mol. The molecule has 0 radical (unpaired) electrons. The van der Waals surface area contributed by atoms with Gasteiger partial charge in [0.15, 0.2) is 0 Å². The fourth-order valence-corrected chi connectivity index (χ4v) is 4.69. The monoisotopic (exact) mass is 483 g/mol. The van der Waals surface area contributed by atoms with Gasteiger partial charge in [-0.15, -0.1) is 0 Å². The summed E-state index contributed by atoms with van der Waals surface area (Å²) in [5, 5.41) is 3.01. The number of nitrogens with zero attached hydrogens (tertiary/aromatic N) is 2. The topological polar surface area (TPSA) is 86.8 Å². The number of para-hydroxylation sites is 1. The van der Waals surface area contributed by atoms with E-state index in [9.17, 15) is 19.2 Å². The van der Waals surface area contributed by atoms with E-state index in [4.69, 9.17) is 0 Å². The zero-order valence-corrected chi connectivity index (χ0v) is 20.8. The molecule has 4 rings (SSSR count). The Morgan fingerprint density at radius 1 is 0.833 bits per heavy atom. The summed E-state index contributed by atoms with van der Waals surface area (Å²) >= 11 is 0. The van der Waals surface area contributed by atoms with Crippen molar-refractivity contribution in [1.82, 2.24) is 9.80 Å². The first-order valence-electron chi connectivity index (χ1n) is 12.0. The van der Waals surface area contributed by atoms with Gasteiger partial charge in [-0.05, 0) is 56.5 Å². The Bertz CT molecular complexity index is 1280. The van der Waals surface area contributed by atoms with Crippen LogP contribution in [-0.4, -0.2) is 46.0 Å². The van der Waals surface area contributed by atoms with E-state index in [1.165, 1.54) is 11.8 Å². The third kappa shape index (κ3) is 4.40. The van der Waals surface area contributed by atoms with E-state index in [1.807, 2.05) is 38.1 Å². The maximum Gasteiger partial charge on any atom is 0.262 e. The minimum Gasteiger partial charge on any atom is -0.325 e. The molecule has 1 N–H and O–H groups in total. The lowest BCUT2D eigenvalue weighted by Crippen LogP contribution is -2.52. The highest BCUT2D eigenvalue weighted by Crippen LogP contribution is 2.29. The third-order valence-electron chi connectivity index (χ3n) is 6.60. The van der Waals surface area contributed by atoms with Crippen molar-refractivity contribution in [1.29, 1.82) is 0 Å². The molecule has 0 aliphatic carbocycles. The minimum atomic E-state index is -1.09. The molecule has 0 aromatic heterocycles. The molecule has 0 spiro atoms. The van der Waals surface area contributed by atoms with Crippen molar-refractivity contribution in [2.45, 2.75) is 39.8 Å². The second-order valence-corrected chi connectivity index (χ2v) is 8.90. The van der Waals surface area contributed by atoms with Gasteiger partial charge >= 0.3 is 0 Å². The normalized spacial score (nSPS) is 14.3. The Morgan fingerprint density at radius 2 is 1.36 bits per heavy atom. The summed E-state index contributed by atoms with van der Waals surface area (Å²) in [7, 11) is 0. The van der Waals surface area contributed by atoms with Gasteiger partial charge in [-0.1, -0.05) is 60.7 Å². The second kappa shape index (κ2) is 10.2. The Balaban J connectivity index is 1.68. The smallest absolute Gasteiger partial charge is 0.262 e. The van der Waals surface area contributed by atoms with Crippen LogP contribution in [0.25, 0.3) is 0 Å².